The lowest BCUT2D eigenvalue weighted by molar-refractivity contribution is 0.523. The smallest absolute Gasteiger partial charge is 0.0142 e. The van der Waals surface area contributed by atoms with Gasteiger partial charge in [-0.15, -0.1) is 6.58 Å². The Balaban J connectivity index is 4.58. The molecule has 0 N–H and O–H groups in total. The molecule has 0 spiro atoms. The molecule has 0 amide bonds. The maximum Gasteiger partial charge on any atom is -0.0142 e. The van der Waals surface area contributed by atoms with Gasteiger partial charge in [0.25, 0.3) is 0 Å². The minimum Gasteiger partial charge on any atom is -0.103 e. The topological polar surface area (TPSA) is 0 Å². The van der Waals surface area contributed by atoms with E-state index in [1.54, 1.807) is 0 Å². The molecular weight excluding hydrogens is 168 g/mol. The fraction of sp³-hybridized carbons (Fsp3) is 0.571. The van der Waals surface area contributed by atoms with Crippen LogP contribution in [0.15, 0.2) is 36.0 Å². The monoisotopic (exact) mass is 192 g/mol. The highest BCUT2D eigenvalue weighted by atomic mass is 14.2. The summed E-state index contributed by atoms with van der Waals surface area (Å²) in [5.41, 5.74) is 2.97. The molecule has 0 rings (SSSR count). The van der Waals surface area contributed by atoms with Crippen LogP contribution in [0.2, 0.25) is 0 Å². The second-order valence-electron chi connectivity index (χ2n) is 4.13. The first-order chi connectivity index (χ1) is 6.54. The van der Waals surface area contributed by atoms with Crippen LogP contribution in [0.4, 0.5) is 0 Å². The molecule has 0 fully saturated rings. The van der Waals surface area contributed by atoms with E-state index >= 15 is 0 Å². The first kappa shape index (κ1) is 13.2. The summed E-state index contributed by atoms with van der Waals surface area (Å²) < 4.78 is 0. The average molecular weight is 192 g/mol. The molecule has 2 unspecified atom stereocenters. The van der Waals surface area contributed by atoms with E-state index in [1.807, 2.05) is 6.08 Å². The van der Waals surface area contributed by atoms with Crippen molar-refractivity contribution in [3.05, 3.63) is 36.0 Å². The summed E-state index contributed by atoms with van der Waals surface area (Å²) in [6.07, 6.45) is 7.40. The van der Waals surface area contributed by atoms with E-state index in [4.69, 9.17) is 0 Å². The van der Waals surface area contributed by atoms with E-state index in [1.165, 1.54) is 11.1 Å². The molecule has 0 aliphatic carbocycles. The molecule has 0 radical (unpaired) electrons. The van der Waals surface area contributed by atoms with Crippen LogP contribution in [0.25, 0.3) is 0 Å². The molecule has 0 aliphatic rings. The second kappa shape index (κ2) is 6.64. The fourth-order valence-corrected chi connectivity index (χ4v) is 1.63. The van der Waals surface area contributed by atoms with Crippen molar-refractivity contribution >= 4 is 0 Å². The van der Waals surface area contributed by atoms with E-state index in [-0.39, 0.29) is 0 Å². The van der Waals surface area contributed by atoms with Crippen LogP contribution in [-0.2, 0) is 0 Å². The lowest BCUT2D eigenvalue weighted by Crippen LogP contribution is -2.08. The predicted molar refractivity (Wildman–Crippen MR) is 66.3 cm³/mol. The summed E-state index contributed by atoms with van der Waals surface area (Å²) in [7, 11) is 0. The van der Waals surface area contributed by atoms with Crippen molar-refractivity contribution in [2.24, 2.45) is 11.8 Å². The minimum atomic E-state index is 0.625. The molecule has 0 aromatic heterocycles. The average Bonchev–Trinajstić information content (AvgIpc) is 2.16. The highest BCUT2D eigenvalue weighted by Crippen LogP contribution is 2.24. The molecule has 0 aromatic rings. The summed E-state index contributed by atoms with van der Waals surface area (Å²) in [4.78, 5) is 0. The Morgan fingerprint density at radius 2 is 1.86 bits per heavy atom. The van der Waals surface area contributed by atoms with Crippen molar-refractivity contribution in [1.82, 2.24) is 0 Å². The van der Waals surface area contributed by atoms with Crippen LogP contribution in [0.5, 0.6) is 0 Å². The Morgan fingerprint density at radius 3 is 2.29 bits per heavy atom. The Morgan fingerprint density at radius 1 is 1.29 bits per heavy atom. The van der Waals surface area contributed by atoms with Crippen LogP contribution in [0.1, 0.15) is 41.0 Å². The Hall–Kier alpha value is -0.780. The molecule has 0 saturated heterocycles. The summed E-state index contributed by atoms with van der Waals surface area (Å²) in [5, 5.41) is 0. The maximum atomic E-state index is 3.78. The molecule has 0 nitrogen and oxygen atoms in total. The van der Waals surface area contributed by atoms with Crippen LogP contribution in [-0.4, -0.2) is 0 Å². The molecule has 0 heteroatoms. The van der Waals surface area contributed by atoms with Gasteiger partial charge >= 0.3 is 0 Å². The van der Waals surface area contributed by atoms with Crippen LogP contribution < -0.4 is 0 Å². The lowest BCUT2D eigenvalue weighted by Gasteiger charge is -2.19. The van der Waals surface area contributed by atoms with Crippen molar-refractivity contribution < 1.29 is 0 Å². The summed E-state index contributed by atoms with van der Waals surface area (Å²) in [6.45, 7) is 14.9. The van der Waals surface area contributed by atoms with Gasteiger partial charge in [-0.3, -0.25) is 0 Å². The number of hydrogen-bond acceptors (Lipinski definition) is 0. The van der Waals surface area contributed by atoms with Gasteiger partial charge in [0.1, 0.15) is 0 Å². The van der Waals surface area contributed by atoms with Gasteiger partial charge in [0.15, 0.2) is 0 Å². The molecule has 2 atom stereocenters. The molecule has 0 heterocycles. The maximum absolute atomic E-state index is 3.78. The molecule has 0 bridgehead atoms. The quantitative estimate of drug-likeness (QED) is 0.551. The van der Waals surface area contributed by atoms with Crippen molar-refractivity contribution in [3.8, 4) is 0 Å². The zero-order valence-electron chi connectivity index (χ0n) is 10.3. The zero-order valence-corrected chi connectivity index (χ0v) is 10.3. The Bertz CT molecular complexity index is 230. The van der Waals surface area contributed by atoms with E-state index in [0.717, 1.165) is 6.42 Å². The summed E-state index contributed by atoms with van der Waals surface area (Å²) >= 11 is 0. The molecule has 14 heavy (non-hydrogen) atoms. The lowest BCUT2D eigenvalue weighted by atomic mass is 9.86. The first-order valence-electron chi connectivity index (χ1n) is 5.44. The fourth-order valence-electron chi connectivity index (χ4n) is 1.63. The first-order valence-corrected chi connectivity index (χ1v) is 5.44. The van der Waals surface area contributed by atoms with E-state index in [0.29, 0.717) is 11.8 Å². The third-order valence-electron chi connectivity index (χ3n) is 3.09. The van der Waals surface area contributed by atoms with Gasteiger partial charge in [-0.1, -0.05) is 43.2 Å². The summed E-state index contributed by atoms with van der Waals surface area (Å²) in [6, 6.07) is 0. The van der Waals surface area contributed by atoms with Crippen LogP contribution in [0.3, 0.4) is 0 Å². The summed E-state index contributed by atoms with van der Waals surface area (Å²) in [5.74, 6) is 1.26. The standard InChI is InChI=1S/C14H24/c1-7-9-11(3)13(5)14(6)12(4)10-8-2/h7-8,10,12,14H,1,9H2,2-6H3. The second-order valence-corrected chi connectivity index (χ2v) is 4.13. The number of hydrogen-bond donors (Lipinski definition) is 0. The SMILES string of the molecule is C=CCC(C)=C(C)C(C)C(C)C=CC. The molecular formula is C14H24. The van der Waals surface area contributed by atoms with E-state index < -0.39 is 0 Å². The predicted octanol–water partition coefficient (Wildman–Crippen LogP) is 4.75. The van der Waals surface area contributed by atoms with Crippen molar-refractivity contribution in [2.45, 2.75) is 41.0 Å². The number of rotatable bonds is 5. The van der Waals surface area contributed by atoms with Crippen molar-refractivity contribution in [2.75, 3.05) is 0 Å². The van der Waals surface area contributed by atoms with Crippen molar-refractivity contribution in [3.63, 3.8) is 0 Å². The minimum absolute atomic E-state index is 0.625. The van der Waals surface area contributed by atoms with Gasteiger partial charge in [-0.25, -0.2) is 0 Å². The van der Waals surface area contributed by atoms with Gasteiger partial charge in [-0.05, 0) is 39.0 Å². The third-order valence-corrected chi connectivity index (χ3v) is 3.09. The Kier molecular flexibility index (Phi) is 6.27. The largest absolute Gasteiger partial charge is 0.103 e. The molecule has 0 aromatic carbocycles. The van der Waals surface area contributed by atoms with Crippen LogP contribution in [0, 0.1) is 11.8 Å². The van der Waals surface area contributed by atoms with Gasteiger partial charge < -0.3 is 0 Å². The molecule has 0 aliphatic heterocycles. The zero-order chi connectivity index (χ0) is 11.1. The van der Waals surface area contributed by atoms with Gasteiger partial charge in [-0.2, -0.15) is 0 Å². The highest BCUT2D eigenvalue weighted by molar-refractivity contribution is 5.16. The molecule has 0 saturated carbocycles. The van der Waals surface area contributed by atoms with E-state index in [2.05, 4.69) is 53.3 Å². The van der Waals surface area contributed by atoms with Gasteiger partial charge in [0.2, 0.25) is 0 Å². The third kappa shape index (κ3) is 3.95. The van der Waals surface area contributed by atoms with Crippen molar-refractivity contribution in [1.29, 1.82) is 0 Å². The van der Waals surface area contributed by atoms with Gasteiger partial charge in [0.05, 0.1) is 0 Å². The molecule has 80 valence electrons. The Labute approximate surface area is 89.4 Å². The van der Waals surface area contributed by atoms with E-state index in [9.17, 15) is 0 Å². The van der Waals surface area contributed by atoms with Gasteiger partial charge in [0, 0.05) is 0 Å². The highest BCUT2D eigenvalue weighted by Gasteiger charge is 2.12. The normalized spacial score (nSPS) is 17.8. The number of allylic oxidation sites excluding steroid dienone is 5. The van der Waals surface area contributed by atoms with Crippen LogP contribution >= 0.6 is 0 Å².